The zero-order chi connectivity index (χ0) is 17.3. The number of allylic oxidation sites excluding steroid dienone is 1. The van der Waals surface area contributed by atoms with E-state index in [0.29, 0.717) is 26.5 Å². The molecule has 1 saturated heterocycles. The number of benzene rings is 1. The van der Waals surface area contributed by atoms with Crippen molar-refractivity contribution in [3.05, 3.63) is 43.7 Å². The minimum atomic E-state index is -0.579. The fourth-order valence-corrected chi connectivity index (χ4v) is 4.79. The molecule has 2 heterocycles. The molecule has 24 heavy (non-hydrogen) atoms. The smallest absolute Gasteiger partial charge is 0.186 e. The van der Waals surface area contributed by atoms with Crippen molar-refractivity contribution in [1.82, 2.24) is 4.98 Å². The average Bonchev–Trinajstić information content (AvgIpc) is 3.15. The van der Waals surface area contributed by atoms with Crippen molar-refractivity contribution >= 4 is 55.9 Å². The van der Waals surface area contributed by atoms with Gasteiger partial charge in [-0.3, -0.25) is 10.2 Å². The lowest BCUT2D eigenvalue weighted by Gasteiger charge is -2.10. The van der Waals surface area contributed by atoms with E-state index < -0.39 is 5.92 Å². The van der Waals surface area contributed by atoms with Gasteiger partial charge in [-0.15, -0.1) is 11.3 Å². The van der Waals surface area contributed by atoms with Gasteiger partial charge in [0.05, 0.1) is 28.6 Å². The summed E-state index contributed by atoms with van der Waals surface area (Å²) >= 11 is 6.01. The fourth-order valence-electron chi connectivity index (χ4n) is 2.36. The molecule has 8 heteroatoms. The van der Waals surface area contributed by atoms with E-state index >= 15 is 0 Å². The monoisotopic (exact) mass is 424 g/mol. The zero-order valence-corrected chi connectivity index (χ0v) is 16.0. The summed E-state index contributed by atoms with van der Waals surface area (Å²) in [6.45, 7) is 0. The number of carbonyl (C=O) groups is 1. The quantitative estimate of drug-likeness (QED) is 0.738. The van der Waals surface area contributed by atoms with Crippen LogP contribution < -0.4 is 9.47 Å². The third-order valence-electron chi connectivity index (χ3n) is 3.44. The maximum atomic E-state index is 12.7. The largest absolute Gasteiger partial charge is 0.493 e. The lowest BCUT2D eigenvalue weighted by Crippen LogP contribution is -2.11. The van der Waals surface area contributed by atoms with Gasteiger partial charge in [-0.1, -0.05) is 11.8 Å². The molecule has 0 saturated carbocycles. The number of ether oxygens (including phenoxy) is 2. The molecule has 1 N–H and O–H groups in total. The molecule has 3 rings (SSSR count). The van der Waals surface area contributed by atoms with Gasteiger partial charge in [0.25, 0.3) is 0 Å². The number of thiazole rings is 1. The number of rotatable bonds is 4. The van der Waals surface area contributed by atoms with E-state index in [2.05, 4.69) is 20.9 Å². The number of hydrogen-bond donors (Lipinski definition) is 1. The van der Waals surface area contributed by atoms with Crippen molar-refractivity contribution in [2.75, 3.05) is 14.2 Å². The number of nitrogens with one attached hydrogen (secondary N) is 1. The van der Waals surface area contributed by atoms with Crippen molar-refractivity contribution in [2.24, 2.45) is 0 Å². The molecule has 1 aromatic heterocycles. The molecule has 2 aromatic rings. The van der Waals surface area contributed by atoms with E-state index in [0.717, 1.165) is 10.0 Å². The molecule has 1 aromatic carbocycles. The van der Waals surface area contributed by atoms with Gasteiger partial charge in [0.15, 0.2) is 17.3 Å². The van der Waals surface area contributed by atoms with Crippen molar-refractivity contribution in [3.63, 3.8) is 0 Å². The Bertz CT molecular complexity index is 834. The maximum absolute atomic E-state index is 12.7. The van der Waals surface area contributed by atoms with Crippen LogP contribution in [-0.2, 0) is 4.79 Å². The van der Waals surface area contributed by atoms with Crippen LogP contribution in [0.25, 0.3) is 6.08 Å². The summed E-state index contributed by atoms with van der Waals surface area (Å²) in [6, 6.07) is 3.65. The Morgan fingerprint density at radius 3 is 2.75 bits per heavy atom. The molecular formula is C16H13BrN2O3S2. The Hall–Kier alpha value is -1.64. The normalized spacial score (nSPS) is 19.1. The second-order valence-electron chi connectivity index (χ2n) is 4.88. The summed E-state index contributed by atoms with van der Waals surface area (Å²) in [6.07, 6.45) is 3.42. The molecule has 0 amide bonds. The van der Waals surface area contributed by atoms with Crippen LogP contribution in [0.3, 0.4) is 0 Å². The Balaban J connectivity index is 1.96. The third-order valence-corrected chi connectivity index (χ3v) is 5.86. The number of thioether (sulfide) groups is 1. The summed E-state index contributed by atoms with van der Waals surface area (Å²) in [4.78, 5) is 17.4. The minimum Gasteiger partial charge on any atom is -0.493 e. The summed E-state index contributed by atoms with van der Waals surface area (Å²) in [7, 11) is 3.13. The van der Waals surface area contributed by atoms with E-state index in [1.165, 1.54) is 23.1 Å². The number of methoxy groups -OCH3 is 2. The number of aromatic nitrogens is 1. The van der Waals surface area contributed by atoms with Crippen molar-refractivity contribution in [3.8, 4) is 11.5 Å². The fraction of sp³-hybridized carbons (Fsp3) is 0.188. The van der Waals surface area contributed by atoms with Crippen LogP contribution in [0.5, 0.6) is 11.5 Å². The second-order valence-corrected chi connectivity index (χ2v) is 7.75. The number of carbonyl (C=O) groups excluding carboxylic acids is 1. The highest BCUT2D eigenvalue weighted by Crippen LogP contribution is 2.42. The van der Waals surface area contributed by atoms with Crippen LogP contribution in [0.15, 0.2) is 33.1 Å². The molecule has 1 fully saturated rings. The molecule has 5 nitrogen and oxygen atoms in total. The summed E-state index contributed by atoms with van der Waals surface area (Å²) in [5, 5.41) is 10.9. The van der Waals surface area contributed by atoms with Crippen LogP contribution in [0, 0.1) is 5.41 Å². The van der Waals surface area contributed by atoms with Crippen molar-refractivity contribution < 1.29 is 14.3 Å². The van der Waals surface area contributed by atoms with E-state index in [1.807, 2.05) is 11.4 Å². The molecule has 0 bridgehead atoms. The summed E-state index contributed by atoms with van der Waals surface area (Å²) in [5.74, 6) is 0.495. The Morgan fingerprint density at radius 1 is 1.33 bits per heavy atom. The van der Waals surface area contributed by atoms with Gasteiger partial charge >= 0.3 is 0 Å². The standard InChI is InChI=1S/C16H13BrN2O3S2/c1-21-10-6-8(5-9(17)14(10)22-2)7-11-13(20)12(15(18)24-11)16-19-3-4-23-16/h3-7,12,18H,1-2H3/b11-7-,18-15?/t12-/m1/s1. The SMILES string of the molecule is COc1cc(/C=C2\SC(=N)[C@H](c3nccs3)C2=O)cc(Br)c1OC. The number of nitrogens with zero attached hydrogens (tertiary/aromatic N) is 1. The molecule has 1 aliphatic heterocycles. The predicted molar refractivity (Wildman–Crippen MR) is 100 cm³/mol. The van der Waals surface area contributed by atoms with Gasteiger partial charge in [0, 0.05) is 11.6 Å². The Morgan fingerprint density at radius 2 is 2.12 bits per heavy atom. The highest BCUT2D eigenvalue weighted by Gasteiger charge is 2.38. The Kier molecular flexibility index (Phi) is 5.07. The molecule has 0 unspecified atom stereocenters. The summed E-state index contributed by atoms with van der Waals surface area (Å²) < 4.78 is 11.3. The van der Waals surface area contributed by atoms with Gasteiger partial charge in [-0.2, -0.15) is 0 Å². The van der Waals surface area contributed by atoms with Crippen LogP contribution in [0.2, 0.25) is 0 Å². The molecule has 1 aliphatic rings. The number of halogens is 1. The van der Waals surface area contributed by atoms with Crippen LogP contribution in [0.4, 0.5) is 0 Å². The highest BCUT2D eigenvalue weighted by atomic mass is 79.9. The lowest BCUT2D eigenvalue weighted by molar-refractivity contribution is -0.114. The van der Waals surface area contributed by atoms with Gasteiger partial charge in [0.1, 0.15) is 10.9 Å². The summed E-state index contributed by atoms with van der Waals surface area (Å²) in [5.41, 5.74) is 0.794. The van der Waals surface area contributed by atoms with Crippen molar-refractivity contribution in [2.45, 2.75) is 5.92 Å². The second kappa shape index (κ2) is 7.08. The van der Waals surface area contributed by atoms with Gasteiger partial charge in [-0.25, -0.2) is 4.98 Å². The molecule has 0 radical (unpaired) electrons. The number of hydrogen-bond acceptors (Lipinski definition) is 7. The predicted octanol–water partition coefficient (Wildman–Crippen LogP) is 4.34. The first-order chi connectivity index (χ1) is 11.5. The van der Waals surface area contributed by atoms with Crippen LogP contribution in [-0.4, -0.2) is 30.0 Å². The van der Waals surface area contributed by atoms with Gasteiger partial charge < -0.3 is 9.47 Å². The third kappa shape index (κ3) is 3.13. The van der Waals surface area contributed by atoms with E-state index in [9.17, 15) is 4.79 Å². The average molecular weight is 425 g/mol. The molecule has 1 atom stereocenters. The molecular weight excluding hydrogens is 412 g/mol. The first-order valence-corrected chi connectivity index (χ1v) is 9.37. The van der Waals surface area contributed by atoms with E-state index in [4.69, 9.17) is 14.9 Å². The molecule has 0 aliphatic carbocycles. The first kappa shape index (κ1) is 17.2. The lowest BCUT2D eigenvalue weighted by atomic mass is 10.0. The maximum Gasteiger partial charge on any atom is 0.186 e. The van der Waals surface area contributed by atoms with Crippen LogP contribution in [0.1, 0.15) is 16.5 Å². The van der Waals surface area contributed by atoms with Crippen LogP contribution >= 0.6 is 39.0 Å². The highest BCUT2D eigenvalue weighted by molar-refractivity contribution is 9.10. The zero-order valence-electron chi connectivity index (χ0n) is 12.8. The Labute approximate surface area is 155 Å². The van der Waals surface area contributed by atoms with Crippen molar-refractivity contribution in [1.29, 1.82) is 5.41 Å². The minimum absolute atomic E-state index is 0.0918. The van der Waals surface area contributed by atoms with E-state index in [1.54, 1.807) is 32.6 Å². The molecule has 124 valence electrons. The molecule has 0 spiro atoms. The van der Waals surface area contributed by atoms with Gasteiger partial charge in [-0.05, 0) is 39.7 Å². The number of ketones is 1. The first-order valence-electron chi connectivity index (χ1n) is 6.88. The van der Waals surface area contributed by atoms with Gasteiger partial charge in [0.2, 0.25) is 0 Å². The topological polar surface area (TPSA) is 72.3 Å². The number of Topliss-reactive ketones (excluding diaryl/α,β-unsaturated/α-hetero) is 1. The van der Waals surface area contributed by atoms with E-state index in [-0.39, 0.29) is 5.78 Å².